The van der Waals surface area contributed by atoms with Crippen LogP contribution in [0.1, 0.15) is 23.1 Å². The predicted molar refractivity (Wildman–Crippen MR) is 93.6 cm³/mol. The second kappa shape index (κ2) is 7.40. The Bertz CT molecular complexity index is 699. The van der Waals surface area contributed by atoms with Crippen molar-refractivity contribution in [2.45, 2.75) is 13.8 Å². The minimum atomic E-state index is -0.108. The molecule has 1 amide bonds. The molecule has 1 aliphatic heterocycles. The van der Waals surface area contributed by atoms with Gasteiger partial charge in [-0.15, -0.1) is 0 Å². The molecule has 0 atom stereocenters. The molecule has 1 fully saturated rings. The van der Waals surface area contributed by atoms with Gasteiger partial charge in [0.2, 0.25) is 5.95 Å². The fraction of sp³-hybridized carbons (Fsp3) is 0.389. The van der Waals surface area contributed by atoms with E-state index in [0.29, 0.717) is 31.4 Å². The van der Waals surface area contributed by atoms with Crippen molar-refractivity contribution in [2.75, 3.05) is 42.6 Å². The van der Waals surface area contributed by atoms with Crippen molar-refractivity contribution in [2.24, 2.45) is 0 Å². The Labute approximate surface area is 142 Å². The largest absolute Gasteiger partial charge is 0.378 e. The van der Waals surface area contributed by atoms with E-state index in [4.69, 9.17) is 4.74 Å². The first-order valence-corrected chi connectivity index (χ1v) is 8.24. The summed E-state index contributed by atoms with van der Waals surface area (Å²) in [7, 11) is 0. The van der Waals surface area contributed by atoms with Crippen LogP contribution in [0.5, 0.6) is 0 Å². The summed E-state index contributed by atoms with van der Waals surface area (Å²) in [6, 6.07) is 11.4. The summed E-state index contributed by atoms with van der Waals surface area (Å²) < 4.78 is 5.37. The Morgan fingerprint density at radius 2 is 1.92 bits per heavy atom. The van der Waals surface area contributed by atoms with E-state index in [1.165, 1.54) is 0 Å². The predicted octanol–water partition coefficient (Wildman–Crippen LogP) is 2.29. The molecule has 126 valence electrons. The van der Waals surface area contributed by atoms with Crippen molar-refractivity contribution in [1.29, 1.82) is 0 Å². The number of hydrogen-bond donors (Lipinski definition) is 0. The molecule has 1 aliphatic rings. The van der Waals surface area contributed by atoms with Gasteiger partial charge in [0.25, 0.3) is 5.91 Å². The molecule has 2 heterocycles. The molecule has 0 spiro atoms. The smallest absolute Gasteiger partial charge is 0.277 e. The summed E-state index contributed by atoms with van der Waals surface area (Å²) in [6.45, 7) is 7.24. The summed E-state index contributed by atoms with van der Waals surface area (Å²) in [6.07, 6.45) is 0. The SMILES string of the molecule is CCN(C(=O)c1cc(C)nc(N2CCOCC2)n1)c1ccccc1. The fourth-order valence-corrected chi connectivity index (χ4v) is 2.76. The molecule has 1 aromatic carbocycles. The minimum Gasteiger partial charge on any atom is -0.378 e. The van der Waals surface area contributed by atoms with Gasteiger partial charge in [0, 0.05) is 31.0 Å². The van der Waals surface area contributed by atoms with Crippen molar-refractivity contribution in [1.82, 2.24) is 9.97 Å². The van der Waals surface area contributed by atoms with Crippen LogP contribution >= 0.6 is 0 Å². The Kier molecular flexibility index (Phi) is 5.05. The van der Waals surface area contributed by atoms with Crippen molar-refractivity contribution in [3.05, 3.63) is 47.8 Å². The number of ether oxygens (including phenoxy) is 1. The number of carbonyl (C=O) groups excluding carboxylic acids is 1. The van der Waals surface area contributed by atoms with Gasteiger partial charge < -0.3 is 14.5 Å². The zero-order valence-corrected chi connectivity index (χ0v) is 14.1. The van der Waals surface area contributed by atoms with E-state index in [1.54, 1.807) is 11.0 Å². The first-order valence-electron chi connectivity index (χ1n) is 8.24. The van der Waals surface area contributed by atoms with Gasteiger partial charge in [-0.05, 0) is 32.0 Å². The van der Waals surface area contributed by atoms with Crippen molar-refractivity contribution < 1.29 is 9.53 Å². The molecule has 0 bridgehead atoms. The number of amides is 1. The maximum atomic E-state index is 13.0. The molecule has 1 aromatic heterocycles. The number of rotatable bonds is 4. The van der Waals surface area contributed by atoms with Gasteiger partial charge in [0.15, 0.2) is 0 Å². The van der Waals surface area contributed by atoms with E-state index < -0.39 is 0 Å². The van der Waals surface area contributed by atoms with Crippen LogP contribution in [0.3, 0.4) is 0 Å². The molecule has 24 heavy (non-hydrogen) atoms. The van der Waals surface area contributed by atoms with Gasteiger partial charge in [-0.3, -0.25) is 4.79 Å². The number of nitrogens with zero attached hydrogens (tertiary/aromatic N) is 4. The standard InChI is InChI=1S/C18H22N4O2/c1-3-22(15-7-5-4-6-8-15)17(23)16-13-14(2)19-18(20-16)21-9-11-24-12-10-21/h4-8,13H,3,9-12H2,1-2H3. The molecule has 0 N–H and O–H groups in total. The molecule has 2 aromatic rings. The third-order valence-corrected chi connectivity index (χ3v) is 3.98. The number of carbonyl (C=O) groups is 1. The number of anilines is 2. The van der Waals surface area contributed by atoms with Gasteiger partial charge in [-0.1, -0.05) is 18.2 Å². The van der Waals surface area contributed by atoms with Crippen molar-refractivity contribution in [3.8, 4) is 0 Å². The quantitative estimate of drug-likeness (QED) is 0.863. The van der Waals surface area contributed by atoms with E-state index in [0.717, 1.165) is 24.5 Å². The molecule has 3 rings (SSSR count). The highest BCUT2D eigenvalue weighted by atomic mass is 16.5. The van der Waals surface area contributed by atoms with Gasteiger partial charge in [0.1, 0.15) is 5.69 Å². The number of morpholine rings is 1. The van der Waals surface area contributed by atoms with Crippen molar-refractivity contribution in [3.63, 3.8) is 0 Å². The number of aryl methyl sites for hydroxylation is 1. The molecule has 0 saturated carbocycles. The van der Waals surface area contributed by atoms with Gasteiger partial charge in [-0.2, -0.15) is 0 Å². The first kappa shape index (κ1) is 16.4. The molecular weight excluding hydrogens is 304 g/mol. The lowest BCUT2D eigenvalue weighted by Gasteiger charge is -2.27. The lowest BCUT2D eigenvalue weighted by Crippen LogP contribution is -2.38. The zero-order chi connectivity index (χ0) is 16.9. The van der Waals surface area contributed by atoms with E-state index >= 15 is 0 Å². The highest BCUT2D eigenvalue weighted by Gasteiger charge is 2.21. The average Bonchev–Trinajstić information content (AvgIpc) is 2.63. The highest BCUT2D eigenvalue weighted by Crippen LogP contribution is 2.18. The Morgan fingerprint density at radius 3 is 2.58 bits per heavy atom. The second-order valence-corrected chi connectivity index (χ2v) is 5.68. The van der Waals surface area contributed by atoms with Crippen LogP contribution in [0.2, 0.25) is 0 Å². The van der Waals surface area contributed by atoms with E-state index in [2.05, 4.69) is 14.9 Å². The average molecular weight is 326 g/mol. The van der Waals surface area contributed by atoms with Crippen molar-refractivity contribution >= 4 is 17.5 Å². The fourth-order valence-electron chi connectivity index (χ4n) is 2.76. The lowest BCUT2D eigenvalue weighted by molar-refractivity contribution is 0.0983. The van der Waals surface area contributed by atoms with Gasteiger partial charge in [0.05, 0.1) is 13.2 Å². The molecule has 6 nitrogen and oxygen atoms in total. The summed E-state index contributed by atoms with van der Waals surface area (Å²) in [5.41, 5.74) is 2.09. The third kappa shape index (κ3) is 3.54. The minimum absolute atomic E-state index is 0.108. The Hall–Kier alpha value is -2.47. The number of hydrogen-bond acceptors (Lipinski definition) is 5. The van der Waals surface area contributed by atoms with Crippen LogP contribution < -0.4 is 9.80 Å². The highest BCUT2D eigenvalue weighted by molar-refractivity contribution is 6.04. The monoisotopic (exact) mass is 326 g/mol. The van der Waals surface area contributed by atoms with Crippen LogP contribution in [0.4, 0.5) is 11.6 Å². The Balaban J connectivity index is 1.90. The summed E-state index contributed by atoms with van der Waals surface area (Å²) >= 11 is 0. The topological polar surface area (TPSA) is 58.6 Å². The molecule has 1 saturated heterocycles. The van der Waals surface area contributed by atoms with E-state index in [1.807, 2.05) is 44.2 Å². The number of aromatic nitrogens is 2. The third-order valence-electron chi connectivity index (χ3n) is 3.98. The zero-order valence-electron chi connectivity index (χ0n) is 14.1. The van der Waals surface area contributed by atoms with Gasteiger partial charge in [-0.25, -0.2) is 9.97 Å². The van der Waals surface area contributed by atoms with E-state index in [9.17, 15) is 4.79 Å². The van der Waals surface area contributed by atoms with Crippen LogP contribution in [0, 0.1) is 6.92 Å². The summed E-state index contributed by atoms with van der Waals surface area (Å²) in [5.74, 6) is 0.495. The maximum Gasteiger partial charge on any atom is 0.277 e. The van der Waals surface area contributed by atoms with Crippen LogP contribution in [0.15, 0.2) is 36.4 Å². The molecular formula is C18H22N4O2. The van der Waals surface area contributed by atoms with E-state index in [-0.39, 0.29) is 5.91 Å². The summed E-state index contributed by atoms with van der Waals surface area (Å²) in [5, 5.41) is 0. The normalized spacial score (nSPS) is 14.5. The molecule has 0 unspecified atom stereocenters. The van der Waals surface area contributed by atoms with Crippen LogP contribution in [-0.4, -0.2) is 48.7 Å². The Morgan fingerprint density at radius 1 is 1.21 bits per heavy atom. The molecule has 0 aliphatic carbocycles. The maximum absolute atomic E-state index is 13.0. The summed E-state index contributed by atoms with van der Waals surface area (Å²) in [4.78, 5) is 25.8. The molecule has 6 heteroatoms. The van der Waals surface area contributed by atoms with Crippen LogP contribution in [-0.2, 0) is 4.74 Å². The van der Waals surface area contributed by atoms with Crippen LogP contribution in [0.25, 0.3) is 0 Å². The number of benzene rings is 1. The van der Waals surface area contributed by atoms with Gasteiger partial charge >= 0.3 is 0 Å². The lowest BCUT2D eigenvalue weighted by atomic mass is 10.2. The first-order chi connectivity index (χ1) is 11.7. The second-order valence-electron chi connectivity index (χ2n) is 5.68. The molecule has 0 radical (unpaired) electrons. The number of para-hydroxylation sites is 1.